The van der Waals surface area contributed by atoms with Crippen LogP contribution in [0.5, 0.6) is 5.75 Å². The average molecular weight is 246 g/mol. The fourth-order valence-corrected chi connectivity index (χ4v) is 1.78. The summed E-state index contributed by atoms with van der Waals surface area (Å²) in [7, 11) is 0. The monoisotopic (exact) mass is 246 g/mol. The van der Waals surface area contributed by atoms with Crippen LogP contribution < -0.4 is 9.75 Å². The van der Waals surface area contributed by atoms with Gasteiger partial charge in [-0.2, -0.15) is 5.10 Å². The molecule has 1 heterocycles. The van der Waals surface area contributed by atoms with E-state index in [1.807, 2.05) is 31.2 Å². The van der Waals surface area contributed by atoms with Gasteiger partial charge in [0.2, 0.25) is 0 Å². The van der Waals surface area contributed by atoms with Crippen molar-refractivity contribution in [3.8, 4) is 5.75 Å². The van der Waals surface area contributed by atoms with Crippen LogP contribution in [0.4, 0.5) is 5.69 Å². The Morgan fingerprint density at radius 2 is 2.06 bits per heavy atom. The highest BCUT2D eigenvalue weighted by Gasteiger charge is 2.22. The highest BCUT2D eigenvalue weighted by Crippen LogP contribution is 2.23. The smallest absolute Gasteiger partial charge is 0.253 e. The molecule has 18 heavy (non-hydrogen) atoms. The van der Waals surface area contributed by atoms with Gasteiger partial charge in [0.1, 0.15) is 5.75 Å². The molecule has 1 aliphatic rings. The lowest BCUT2D eigenvalue weighted by atomic mass is 10.2. The minimum absolute atomic E-state index is 0.0205. The first-order valence-corrected chi connectivity index (χ1v) is 6.30. The van der Waals surface area contributed by atoms with Crippen LogP contribution in [0.25, 0.3) is 0 Å². The van der Waals surface area contributed by atoms with E-state index in [-0.39, 0.29) is 5.91 Å². The molecular weight excluding hydrogens is 228 g/mol. The second-order valence-corrected chi connectivity index (χ2v) is 4.41. The van der Waals surface area contributed by atoms with E-state index in [2.05, 4.69) is 12.0 Å². The molecule has 96 valence electrons. The lowest BCUT2D eigenvalue weighted by Crippen LogP contribution is -2.19. The van der Waals surface area contributed by atoms with E-state index >= 15 is 0 Å². The molecule has 0 unspecified atom stereocenters. The van der Waals surface area contributed by atoms with Gasteiger partial charge >= 0.3 is 0 Å². The molecule has 0 spiro atoms. The Hall–Kier alpha value is -1.84. The van der Waals surface area contributed by atoms with E-state index in [1.54, 1.807) is 0 Å². The van der Waals surface area contributed by atoms with E-state index in [4.69, 9.17) is 4.74 Å². The van der Waals surface area contributed by atoms with Crippen LogP contribution in [0.2, 0.25) is 0 Å². The van der Waals surface area contributed by atoms with Crippen molar-refractivity contribution in [2.45, 2.75) is 33.1 Å². The van der Waals surface area contributed by atoms with Gasteiger partial charge in [0.25, 0.3) is 5.91 Å². The van der Waals surface area contributed by atoms with Gasteiger partial charge in [-0.15, -0.1) is 0 Å². The number of benzene rings is 1. The zero-order valence-corrected chi connectivity index (χ0v) is 10.8. The molecule has 4 nitrogen and oxygen atoms in total. The van der Waals surface area contributed by atoms with E-state index in [0.717, 1.165) is 36.6 Å². The number of unbranched alkanes of at least 4 members (excludes halogenated alkanes) is 1. The maximum absolute atomic E-state index is 11.7. The van der Waals surface area contributed by atoms with Gasteiger partial charge in [0.15, 0.2) is 0 Å². The SMILES string of the molecule is CCCCOc1ccc(N2N=C(C)CC2=O)cc1. The number of ether oxygens (including phenoxy) is 1. The molecule has 1 aromatic carbocycles. The fourth-order valence-electron chi connectivity index (χ4n) is 1.78. The number of carbonyl (C=O) groups excluding carboxylic acids is 1. The number of nitrogens with zero attached hydrogens (tertiary/aromatic N) is 2. The molecule has 0 bridgehead atoms. The average Bonchev–Trinajstić information content (AvgIpc) is 2.70. The summed E-state index contributed by atoms with van der Waals surface area (Å²) in [5.74, 6) is 0.853. The summed E-state index contributed by atoms with van der Waals surface area (Å²) >= 11 is 0. The minimum atomic E-state index is 0.0205. The Labute approximate surface area is 107 Å². The molecule has 0 atom stereocenters. The summed E-state index contributed by atoms with van der Waals surface area (Å²) in [6.07, 6.45) is 2.58. The van der Waals surface area contributed by atoms with Gasteiger partial charge < -0.3 is 4.74 Å². The summed E-state index contributed by atoms with van der Waals surface area (Å²) in [5.41, 5.74) is 1.64. The number of hydrogen-bond acceptors (Lipinski definition) is 3. The molecular formula is C14H18N2O2. The summed E-state index contributed by atoms with van der Waals surface area (Å²) in [5, 5.41) is 5.65. The third kappa shape index (κ3) is 2.88. The van der Waals surface area contributed by atoms with Crippen LogP contribution in [0, 0.1) is 0 Å². The van der Waals surface area contributed by atoms with Crippen molar-refractivity contribution in [2.24, 2.45) is 5.10 Å². The Balaban J connectivity index is 2.01. The summed E-state index contributed by atoms with van der Waals surface area (Å²) in [4.78, 5) is 11.7. The molecule has 1 amide bonds. The fraction of sp³-hybridized carbons (Fsp3) is 0.429. The Morgan fingerprint density at radius 3 is 2.61 bits per heavy atom. The van der Waals surface area contributed by atoms with Crippen LogP contribution in [0.3, 0.4) is 0 Å². The van der Waals surface area contributed by atoms with Gasteiger partial charge in [0.05, 0.1) is 18.7 Å². The highest BCUT2D eigenvalue weighted by atomic mass is 16.5. The van der Waals surface area contributed by atoms with Crippen molar-refractivity contribution in [3.63, 3.8) is 0 Å². The summed E-state index contributed by atoms with van der Waals surface area (Å²) < 4.78 is 5.57. The molecule has 0 fully saturated rings. The normalized spacial score (nSPS) is 14.9. The largest absolute Gasteiger partial charge is 0.494 e. The number of hydrazone groups is 1. The quantitative estimate of drug-likeness (QED) is 0.749. The second kappa shape index (κ2) is 5.67. The van der Waals surface area contributed by atoms with E-state index < -0.39 is 0 Å². The minimum Gasteiger partial charge on any atom is -0.494 e. The maximum atomic E-state index is 11.7. The summed E-state index contributed by atoms with van der Waals surface area (Å²) in [6.45, 7) is 4.72. The molecule has 1 aromatic rings. The Morgan fingerprint density at radius 1 is 1.33 bits per heavy atom. The molecule has 0 saturated carbocycles. The van der Waals surface area contributed by atoms with Crippen molar-refractivity contribution < 1.29 is 9.53 Å². The molecule has 4 heteroatoms. The van der Waals surface area contributed by atoms with Gasteiger partial charge in [0, 0.05) is 5.71 Å². The van der Waals surface area contributed by atoms with E-state index in [1.165, 1.54) is 5.01 Å². The first-order valence-electron chi connectivity index (χ1n) is 6.30. The number of rotatable bonds is 5. The van der Waals surface area contributed by atoms with E-state index in [0.29, 0.717) is 6.42 Å². The van der Waals surface area contributed by atoms with Crippen molar-refractivity contribution >= 4 is 17.3 Å². The zero-order chi connectivity index (χ0) is 13.0. The first kappa shape index (κ1) is 12.6. The van der Waals surface area contributed by atoms with Crippen LogP contribution in [-0.4, -0.2) is 18.2 Å². The lowest BCUT2D eigenvalue weighted by molar-refractivity contribution is -0.116. The first-order chi connectivity index (χ1) is 8.70. The Bertz CT molecular complexity index is 451. The molecule has 0 aromatic heterocycles. The standard InChI is InChI=1S/C14H18N2O2/c1-3-4-9-18-13-7-5-12(6-8-13)16-14(17)10-11(2)15-16/h5-8H,3-4,9-10H2,1-2H3. The number of hydrogen-bond donors (Lipinski definition) is 0. The number of amides is 1. The molecule has 0 N–H and O–H groups in total. The number of anilines is 1. The van der Waals surface area contributed by atoms with E-state index in [9.17, 15) is 4.79 Å². The zero-order valence-electron chi connectivity index (χ0n) is 10.8. The van der Waals surface area contributed by atoms with Crippen LogP contribution >= 0.6 is 0 Å². The number of carbonyl (C=O) groups is 1. The highest BCUT2D eigenvalue weighted by molar-refractivity contribution is 6.12. The van der Waals surface area contributed by atoms with Gasteiger partial charge in [-0.25, -0.2) is 5.01 Å². The topological polar surface area (TPSA) is 41.9 Å². The Kier molecular flexibility index (Phi) is 3.97. The van der Waals surface area contributed by atoms with Gasteiger partial charge in [-0.3, -0.25) is 4.79 Å². The molecule has 2 rings (SSSR count). The summed E-state index contributed by atoms with van der Waals surface area (Å²) in [6, 6.07) is 7.48. The predicted octanol–water partition coefficient (Wildman–Crippen LogP) is 2.98. The van der Waals surface area contributed by atoms with Crippen molar-refractivity contribution in [2.75, 3.05) is 11.6 Å². The third-order valence-corrected chi connectivity index (χ3v) is 2.76. The predicted molar refractivity (Wildman–Crippen MR) is 72.1 cm³/mol. The van der Waals surface area contributed by atoms with Crippen molar-refractivity contribution in [1.29, 1.82) is 0 Å². The lowest BCUT2D eigenvalue weighted by Gasteiger charge is -2.12. The van der Waals surface area contributed by atoms with Gasteiger partial charge in [-0.05, 0) is 37.6 Å². The molecule has 0 aliphatic carbocycles. The van der Waals surface area contributed by atoms with Crippen LogP contribution in [0.1, 0.15) is 33.1 Å². The van der Waals surface area contributed by atoms with Crippen molar-refractivity contribution in [3.05, 3.63) is 24.3 Å². The maximum Gasteiger partial charge on any atom is 0.253 e. The van der Waals surface area contributed by atoms with Crippen molar-refractivity contribution in [1.82, 2.24) is 0 Å². The van der Waals surface area contributed by atoms with Gasteiger partial charge in [-0.1, -0.05) is 13.3 Å². The van der Waals surface area contributed by atoms with Crippen LogP contribution in [-0.2, 0) is 4.79 Å². The molecule has 0 radical (unpaired) electrons. The third-order valence-electron chi connectivity index (χ3n) is 2.76. The second-order valence-electron chi connectivity index (χ2n) is 4.41. The van der Waals surface area contributed by atoms with Crippen LogP contribution in [0.15, 0.2) is 29.4 Å². The molecule has 1 aliphatic heterocycles. The molecule has 0 saturated heterocycles.